The number of carbonyl (C=O) groups is 1. The number of fused-ring (bicyclic) bond motifs is 1. The lowest BCUT2D eigenvalue weighted by atomic mass is 10.5. The molecular weight excluding hydrogens is 274 g/mol. The van der Waals surface area contributed by atoms with Crippen LogP contribution in [0.15, 0.2) is 14.4 Å². The third kappa shape index (κ3) is 3.28. The maximum Gasteiger partial charge on any atom is 0.304 e. The molecule has 0 saturated carbocycles. The Kier molecular flexibility index (Phi) is 3.75. The Labute approximate surface area is 109 Å². The quantitative estimate of drug-likeness (QED) is 0.351. The molecule has 2 heterocycles. The standard InChI is InChI=1S/C8H9N7O3S/c9-7-11-5-4(6(18)13-7)10-8(12-5)14-15-19-2-1-3(16)17/h1-2H2,(H,16,17)(H4,9,10,11,12,13,18)/b15-14+. The highest BCUT2D eigenvalue weighted by Crippen LogP contribution is 2.14. The molecule has 2 aromatic rings. The molecule has 0 fully saturated rings. The van der Waals surface area contributed by atoms with Gasteiger partial charge in [-0.15, -0.1) is 9.63 Å². The van der Waals surface area contributed by atoms with Gasteiger partial charge in [0.1, 0.15) is 0 Å². The average Bonchev–Trinajstić information content (AvgIpc) is 2.71. The monoisotopic (exact) mass is 283 g/mol. The van der Waals surface area contributed by atoms with Crippen molar-refractivity contribution in [3.63, 3.8) is 0 Å². The number of aromatic amines is 2. The van der Waals surface area contributed by atoms with E-state index in [9.17, 15) is 9.59 Å². The molecule has 0 radical (unpaired) electrons. The second-order valence-electron chi connectivity index (χ2n) is 3.37. The highest BCUT2D eigenvalue weighted by Gasteiger charge is 2.07. The number of nitrogens with two attached hydrogens (primary N) is 1. The van der Waals surface area contributed by atoms with Crippen LogP contribution in [0.5, 0.6) is 0 Å². The topological polar surface area (TPSA) is 162 Å². The zero-order valence-corrected chi connectivity index (χ0v) is 10.3. The summed E-state index contributed by atoms with van der Waals surface area (Å²) in [6.07, 6.45) is -0.0123. The van der Waals surface area contributed by atoms with Crippen LogP contribution in [0.1, 0.15) is 6.42 Å². The van der Waals surface area contributed by atoms with Gasteiger partial charge in [0.15, 0.2) is 11.2 Å². The van der Waals surface area contributed by atoms with E-state index in [-0.39, 0.29) is 29.5 Å². The highest BCUT2D eigenvalue weighted by atomic mass is 32.2. The molecule has 0 amide bonds. The summed E-state index contributed by atoms with van der Waals surface area (Å²) in [7, 11) is 0. The number of hydrogen-bond donors (Lipinski definition) is 4. The van der Waals surface area contributed by atoms with E-state index in [1.807, 2.05) is 0 Å². The third-order valence-corrected chi connectivity index (χ3v) is 2.55. The number of nitrogens with one attached hydrogen (secondary N) is 2. The van der Waals surface area contributed by atoms with Gasteiger partial charge in [0.2, 0.25) is 11.9 Å². The summed E-state index contributed by atoms with van der Waals surface area (Å²) >= 11 is 0.980. The molecule has 0 spiro atoms. The SMILES string of the molecule is Nc1nc2nc(/N=N/SCCC(=O)O)[nH]c2c(=O)[nH]1. The Bertz CT molecular complexity index is 691. The lowest BCUT2D eigenvalue weighted by molar-refractivity contribution is -0.136. The van der Waals surface area contributed by atoms with Gasteiger partial charge in [0.25, 0.3) is 5.56 Å². The van der Waals surface area contributed by atoms with E-state index in [0.29, 0.717) is 5.75 Å². The summed E-state index contributed by atoms with van der Waals surface area (Å²) in [6, 6.07) is 0. The highest BCUT2D eigenvalue weighted by molar-refractivity contribution is 7.97. The third-order valence-electron chi connectivity index (χ3n) is 1.97. The fourth-order valence-electron chi connectivity index (χ4n) is 1.20. The number of aliphatic carboxylic acids is 1. The smallest absolute Gasteiger partial charge is 0.304 e. The number of carboxylic acid groups (broad SMARTS) is 1. The second kappa shape index (κ2) is 5.48. The Morgan fingerprint density at radius 3 is 2.95 bits per heavy atom. The summed E-state index contributed by atoms with van der Waals surface area (Å²) in [5.74, 6) is -0.549. The van der Waals surface area contributed by atoms with Crippen LogP contribution in [0, 0.1) is 0 Å². The van der Waals surface area contributed by atoms with Crippen LogP contribution in [0.4, 0.5) is 11.9 Å². The van der Waals surface area contributed by atoms with E-state index in [1.54, 1.807) is 0 Å². The van der Waals surface area contributed by atoms with E-state index in [1.165, 1.54) is 0 Å². The van der Waals surface area contributed by atoms with Crippen molar-refractivity contribution in [2.45, 2.75) is 6.42 Å². The van der Waals surface area contributed by atoms with Crippen LogP contribution >= 0.6 is 11.9 Å². The summed E-state index contributed by atoms with van der Waals surface area (Å²) in [4.78, 5) is 34.4. The largest absolute Gasteiger partial charge is 0.481 e. The average molecular weight is 283 g/mol. The molecule has 19 heavy (non-hydrogen) atoms. The molecule has 0 atom stereocenters. The molecule has 5 N–H and O–H groups in total. The Hall–Kier alpha value is -2.43. The second-order valence-corrected chi connectivity index (χ2v) is 4.20. The van der Waals surface area contributed by atoms with Crippen molar-refractivity contribution in [3.05, 3.63) is 10.4 Å². The predicted octanol–water partition coefficient (Wildman–Crippen LogP) is 0.435. The lowest BCUT2D eigenvalue weighted by Gasteiger charge is -1.88. The van der Waals surface area contributed by atoms with Gasteiger partial charge in [-0.05, 0) is 11.9 Å². The first-order valence-corrected chi connectivity index (χ1v) is 6.01. The maximum absolute atomic E-state index is 11.5. The molecule has 0 aliphatic rings. The molecule has 0 unspecified atom stereocenters. The normalized spacial score (nSPS) is 11.4. The van der Waals surface area contributed by atoms with Crippen LogP contribution in [0.3, 0.4) is 0 Å². The first kappa shape index (κ1) is 13.0. The van der Waals surface area contributed by atoms with Crippen molar-refractivity contribution in [1.29, 1.82) is 0 Å². The molecule has 10 nitrogen and oxygen atoms in total. The summed E-state index contributed by atoms with van der Waals surface area (Å²) < 4.78 is 3.67. The van der Waals surface area contributed by atoms with Crippen molar-refractivity contribution >= 4 is 41.0 Å². The van der Waals surface area contributed by atoms with Crippen LogP contribution in [0.25, 0.3) is 11.2 Å². The van der Waals surface area contributed by atoms with Gasteiger partial charge in [-0.2, -0.15) is 9.97 Å². The molecular formula is C8H9N7O3S. The van der Waals surface area contributed by atoms with E-state index in [2.05, 4.69) is 29.6 Å². The maximum atomic E-state index is 11.5. The van der Waals surface area contributed by atoms with Gasteiger partial charge in [0, 0.05) is 5.75 Å². The summed E-state index contributed by atoms with van der Waals surface area (Å²) in [5, 5.41) is 12.1. The minimum Gasteiger partial charge on any atom is -0.481 e. The molecule has 2 aromatic heterocycles. The van der Waals surface area contributed by atoms with E-state index in [0.717, 1.165) is 11.9 Å². The molecule has 2 rings (SSSR count). The zero-order valence-electron chi connectivity index (χ0n) is 9.45. The fraction of sp³-hybridized carbons (Fsp3) is 0.250. The van der Waals surface area contributed by atoms with Gasteiger partial charge in [-0.3, -0.25) is 14.6 Å². The summed E-state index contributed by atoms with van der Waals surface area (Å²) in [6.45, 7) is 0. The Morgan fingerprint density at radius 2 is 2.21 bits per heavy atom. The van der Waals surface area contributed by atoms with Crippen molar-refractivity contribution in [2.24, 2.45) is 9.63 Å². The number of hydrogen-bond acceptors (Lipinski definition) is 8. The minimum atomic E-state index is -0.905. The Morgan fingerprint density at radius 1 is 1.42 bits per heavy atom. The molecule has 0 bridgehead atoms. The fourth-order valence-corrected chi connectivity index (χ4v) is 1.68. The molecule has 100 valence electrons. The van der Waals surface area contributed by atoms with Gasteiger partial charge >= 0.3 is 5.97 Å². The molecule has 0 aromatic carbocycles. The van der Waals surface area contributed by atoms with Crippen LogP contribution < -0.4 is 11.3 Å². The van der Waals surface area contributed by atoms with E-state index >= 15 is 0 Å². The van der Waals surface area contributed by atoms with Gasteiger partial charge in [-0.25, -0.2) is 0 Å². The van der Waals surface area contributed by atoms with E-state index < -0.39 is 11.5 Å². The van der Waals surface area contributed by atoms with Crippen molar-refractivity contribution < 1.29 is 9.90 Å². The van der Waals surface area contributed by atoms with Gasteiger partial charge in [0.05, 0.1) is 6.42 Å². The number of aromatic nitrogens is 4. The number of carboxylic acids is 1. The number of nitrogens with zero attached hydrogens (tertiary/aromatic N) is 4. The first-order valence-electron chi connectivity index (χ1n) is 5.06. The lowest BCUT2D eigenvalue weighted by Crippen LogP contribution is -2.10. The molecule has 0 saturated heterocycles. The number of rotatable bonds is 5. The van der Waals surface area contributed by atoms with Gasteiger partial charge in [-0.1, -0.05) is 0 Å². The molecule has 0 aliphatic carbocycles. The van der Waals surface area contributed by atoms with Crippen LogP contribution in [0.2, 0.25) is 0 Å². The van der Waals surface area contributed by atoms with Gasteiger partial charge < -0.3 is 15.8 Å². The molecule has 11 heteroatoms. The van der Waals surface area contributed by atoms with Crippen molar-refractivity contribution in [3.8, 4) is 0 Å². The van der Waals surface area contributed by atoms with Crippen molar-refractivity contribution in [2.75, 3.05) is 11.5 Å². The Balaban J connectivity index is 2.09. The number of H-pyrrole nitrogens is 2. The number of anilines is 1. The number of imidazole rings is 1. The predicted molar refractivity (Wildman–Crippen MR) is 68.1 cm³/mol. The molecule has 0 aliphatic heterocycles. The number of nitrogen functional groups attached to an aromatic ring is 1. The van der Waals surface area contributed by atoms with Crippen LogP contribution in [-0.2, 0) is 4.79 Å². The first-order chi connectivity index (χ1) is 9.06. The van der Waals surface area contributed by atoms with E-state index in [4.69, 9.17) is 10.8 Å². The van der Waals surface area contributed by atoms with Crippen molar-refractivity contribution in [1.82, 2.24) is 19.9 Å². The zero-order chi connectivity index (χ0) is 13.8. The summed E-state index contributed by atoms with van der Waals surface area (Å²) in [5.41, 5.74) is 5.21. The minimum absolute atomic E-state index is 0.0123. The van der Waals surface area contributed by atoms with Crippen LogP contribution in [-0.4, -0.2) is 36.8 Å².